The van der Waals surface area contributed by atoms with Crippen molar-refractivity contribution in [2.45, 2.75) is 24.0 Å². The lowest BCUT2D eigenvalue weighted by Crippen LogP contribution is -2.55. The van der Waals surface area contributed by atoms with E-state index in [0.717, 1.165) is 0 Å². The predicted molar refractivity (Wildman–Crippen MR) is 50.4 cm³/mol. The molecule has 4 nitrogen and oxygen atoms in total. The molecular formula is C7H12Cl2N2O2. The molecule has 0 spiro atoms. The molecule has 1 heterocycles. The second-order valence-corrected chi connectivity index (χ2v) is 4.64. The number of halogens is 2. The number of hydrogen-bond donors (Lipinski definition) is 1. The Labute approximate surface area is 86.9 Å². The summed E-state index contributed by atoms with van der Waals surface area (Å²) in [5.41, 5.74) is 4.42. The third kappa shape index (κ3) is 1.91. The molecule has 1 saturated heterocycles. The van der Waals surface area contributed by atoms with Crippen LogP contribution < -0.4 is 5.73 Å². The summed E-state index contributed by atoms with van der Waals surface area (Å²) in [5, 5.41) is 0. The lowest BCUT2D eigenvalue weighted by atomic mass is 10.2. The maximum absolute atomic E-state index is 11.0. The van der Waals surface area contributed by atoms with Gasteiger partial charge < -0.3 is 10.5 Å². The molecule has 0 aliphatic carbocycles. The van der Waals surface area contributed by atoms with Crippen molar-refractivity contribution in [3.63, 3.8) is 0 Å². The first kappa shape index (κ1) is 11.0. The van der Waals surface area contributed by atoms with Gasteiger partial charge >= 0.3 is 0 Å². The molecule has 0 unspecified atom stereocenters. The highest BCUT2D eigenvalue weighted by Crippen LogP contribution is 2.36. The quantitative estimate of drug-likeness (QED) is 0.557. The number of carbonyl (C=O) groups is 1. The van der Waals surface area contributed by atoms with Crippen molar-refractivity contribution in [1.82, 2.24) is 4.90 Å². The average molecular weight is 227 g/mol. The number of carbonyl (C=O) groups excluding carboxylic acids is 1. The number of hydrogen-bond acceptors (Lipinski definition) is 3. The van der Waals surface area contributed by atoms with Gasteiger partial charge in [0.05, 0.1) is 6.61 Å². The van der Waals surface area contributed by atoms with E-state index >= 15 is 0 Å². The largest absolute Gasteiger partial charge is 0.366 e. The molecule has 0 bridgehead atoms. The molecule has 1 amide bonds. The van der Waals surface area contributed by atoms with Crippen molar-refractivity contribution in [3.8, 4) is 0 Å². The summed E-state index contributed by atoms with van der Waals surface area (Å²) in [5.74, 6) is -0.783. The van der Waals surface area contributed by atoms with E-state index in [-0.39, 0.29) is 0 Å². The van der Waals surface area contributed by atoms with Crippen LogP contribution in [0.15, 0.2) is 0 Å². The smallest absolute Gasteiger partial charge is 0.269 e. The molecule has 13 heavy (non-hydrogen) atoms. The van der Waals surface area contributed by atoms with E-state index in [2.05, 4.69) is 0 Å². The zero-order valence-electron chi connectivity index (χ0n) is 7.51. The number of rotatable bonds is 2. The van der Waals surface area contributed by atoms with Crippen LogP contribution in [0.1, 0.15) is 13.8 Å². The third-order valence-corrected chi connectivity index (χ3v) is 2.84. The topological polar surface area (TPSA) is 55.6 Å². The highest BCUT2D eigenvalue weighted by Gasteiger charge is 2.49. The number of amides is 1. The van der Waals surface area contributed by atoms with E-state index in [1.165, 1.54) is 4.90 Å². The Hall–Kier alpha value is -0.0300. The van der Waals surface area contributed by atoms with Crippen molar-refractivity contribution >= 4 is 29.1 Å². The normalized spacial score (nSPS) is 23.4. The molecule has 0 saturated carbocycles. The Morgan fingerprint density at radius 2 is 2.15 bits per heavy atom. The van der Waals surface area contributed by atoms with Crippen LogP contribution in [0.3, 0.4) is 0 Å². The standard InChI is InChI=1S/C7H12Cl2N2O2/c1-6(2)11(3-4-13-6)7(8,9)5(10)12/h3-4H2,1-2H3,(H2,10,12). The first-order chi connectivity index (χ1) is 5.78. The molecule has 1 aliphatic heterocycles. The van der Waals surface area contributed by atoms with Gasteiger partial charge in [0.25, 0.3) is 10.4 Å². The second kappa shape index (κ2) is 3.28. The molecule has 2 N–H and O–H groups in total. The van der Waals surface area contributed by atoms with Gasteiger partial charge in [-0.05, 0) is 13.8 Å². The van der Waals surface area contributed by atoms with Crippen LogP contribution in [0.4, 0.5) is 0 Å². The van der Waals surface area contributed by atoms with Crippen molar-refractivity contribution in [2.24, 2.45) is 5.73 Å². The van der Waals surface area contributed by atoms with Gasteiger partial charge in [0.15, 0.2) is 0 Å². The second-order valence-electron chi connectivity index (χ2n) is 3.35. The van der Waals surface area contributed by atoms with Crippen LogP contribution in [0.2, 0.25) is 0 Å². The van der Waals surface area contributed by atoms with Gasteiger partial charge in [0, 0.05) is 6.54 Å². The number of alkyl halides is 2. The Balaban J connectivity index is 2.88. The maximum Gasteiger partial charge on any atom is 0.269 e. The minimum atomic E-state index is -1.69. The van der Waals surface area contributed by atoms with E-state index in [0.29, 0.717) is 13.2 Å². The van der Waals surface area contributed by atoms with Gasteiger partial charge in [0.2, 0.25) is 0 Å². The van der Waals surface area contributed by atoms with Crippen LogP contribution in [-0.4, -0.2) is 34.1 Å². The summed E-state index contributed by atoms with van der Waals surface area (Å²) in [6, 6.07) is 0. The van der Waals surface area contributed by atoms with Crippen molar-refractivity contribution in [3.05, 3.63) is 0 Å². The minimum absolute atomic E-state index is 0.488. The maximum atomic E-state index is 11.0. The number of primary amides is 1. The van der Waals surface area contributed by atoms with Crippen LogP contribution >= 0.6 is 23.2 Å². The lowest BCUT2D eigenvalue weighted by Gasteiger charge is -2.36. The zero-order chi connectivity index (χ0) is 10.3. The Bertz CT molecular complexity index is 231. The molecule has 1 aliphatic rings. The van der Waals surface area contributed by atoms with Gasteiger partial charge in [-0.1, -0.05) is 23.2 Å². The molecule has 0 atom stereocenters. The van der Waals surface area contributed by atoms with Gasteiger partial charge in [0.1, 0.15) is 5.72 Å². The van der Waals surface area contributed by atoms with Crippen LogP contribution in [0.25, 0.3) is 0 Å². The molecule has 6 heteroatoms. The minimum Gasteiger partial charge on any atom is -0.366 e. The monoisotopic (exact) mass is 226 g/mol. The predicted octanol–water partition coefficient (Wildman–Crippen LogP) is 0.671. The van der Waals surface area contributed by atoms with E-state index in [4.69, 9.17) is 33.7 Å². The van der Waals surface area contributed by atoms with Gasteiger partial charge in [-0.3, -0.25) is 4.79 Å². The fourth-order valence-electron chi connectivity index (χ4n) is 1.35. The molecule has 0 aromatic rings. The SMILES string of the molecule is CC1(C)OCCN1C(Cl)(Cl)C(N)=O. The Morgan fingerprint density at radius 3 is 2.46 bits per heavy atom. The van der Waals surface area contributed by atoms with E-state index < -0.39 is 16.1 Å². The summed E-state index contributed by atoms with van der Waals surface area (Å²) in [6.07, 6.45) is 0. The van der Waals surface area contributed by atoms with E-state index in [1.807, 2.05) is 0 Å². The third-order valence-electron chi connectivity index (χ3n) is 2.06. The summed E-state index contributed by atoms with van der Waals surface area (Å²) in [7, 11) is 0. The molecule has 76 valence electrons. The Kier molecular flexibility index (Phi) is 2.78. The molecule has 0 aromatic carbocycles. The van der Waals surface area contributed by atoms with Crippen LogP contribution in [0.5, 0.6) is 0 Å². The van der Waals surface area contributed by atoms with Gasteiger partial charge in [-0.25, -0.2) is 4.90 Å². The molecule has 0 radical (unpaired) electrons. The zero-order valence-corrected chi connectivity index (χ0v) is 9.02. The highest BCUT2D eigenvalue weighted by molar-refractivity contribution is 6.57. The Morgan fingerprint density at radius 1 is 1.62 bits per heavy atom. The van der Waals surface area contributed by atoms with Gasteiger partial charge in [-0.15, -0.1) is 0 Å². The lowest BCUT2D eigenvalue weighted by molar-refractivity contribution is -0.128. The first-order valence-corrected chi connectivity index (χ1v) is 4.63. The first-order valence-electron chi connectivity index (χ1n) is 3.88. The highest BCUT2D eigenvalue weighted by atomic mass is 35.5. The fourth-order valence-corrected chi connectivity index (χ4v) is 1.92. The molecule has 0 aromatic heterocycles. The summed E-state index contributed by atoms with van der Waals surface area (Å²) >= 11 is 11.6. The van der Waals surface area contributed by atoms with E-state index in [1.54, 1.807) is 13.8 Å². The molecule has 1 rings (SSSR count). The number of nitrogens with zero attached hydrogens (tertiary/aromatic N) is 1. The fraction of sp³-hybridized carbons (Fsp3) is 0.857. The summed E-state index contributed by atoms with van der Waals surface area (Å²) in [4.78, 5) is 12.5. The van der Waals surface area contributed by atoms with Gasteiger partial charge in [-0.2, -0.15) is 0 Å². The number of nitrogens with two attached hydrogens (primary N) is 1. The summed E-state index contributed by atoms with van der Waals surface area (Å²) in [6.45, 7) is 4.54. The number of ether oxygens (including phenoxy) is 1. The van der Waals surface area contributed by atoms with E-state index in [9.17, 15) is 4.79 Å². The van der Waals surface area contributed by atoms with Crippen molar-refractivity contribution in [1.29, 1.82) is 0 Å². The molecular weight excluding hydrogens is 215 g/mol. The molecule has 1 fully saturated rings. The van der Waals surface area contributed by atoms with Crippen molar-refractivity contribution < 1.29 is 9.53 Å². The van der Waals surface area contributed by atoms with Crippen molar-refractivity contribution in [2.75, 3.05) is 13.2 Å². The van der Waals surface area contributed by atoms with Crippen LogP contribution in [-0.2, 0) is 9.53 Å². The average Bonchev–Trinajstić information content (AvgIpc) is 2.29. The summed E-state index contributed by atoms with van der Waals surface area (Å²) < 4.78 is 3.64. The van der Waals surface area contributed by atoms with Crippen LogP contribution in [0, 0.1) is 0 Å².